The molecule has 0 saturated carbocycles. The number of carbonyl (C=O) groups is 1. The van der Waals surface area contributed by atoms with E-state index >= 15 is 0 Å². The first-order valence-electron chi connectivity index (χ1n) is 5.66. The van der Waals surface area contributed by atoms with Crippen molar-refractivity contribution in [2.45, 2.75) is 51.6 Å². The minimum absolute atomic E-state index is 0.00273. The summed E-state index contributed by atoms with van der Waals surface area (Å²) >= 11 is 1.80. The lowest BCUT2D eigenvalue weighted by molar-refractivity contribution is -0.123. The van der Waals surface area contributed by atoms with Gasteiger partial charge in [0.05, 0.1) is 6.04 Å². The van der Waals surface area contributed by atoms with E-state index in [1.807, 2.05) is 6.92 Å². The van der Waals surface area contributed by atoms with Crippen molar-refractivity contribution in [3.63, 3.8) is 0 Å². The Balaban J connectivity index is 3.70. The van der Waals surface area contributed by atoms with Crippen molar-refractivity contribution < 1.29 is 4.79 Å². The summed E-state index contributed by atoms with van der Waals surface area (Å²) in [6.07, 6.45) is 5.98. The maximum Gasteiger partial charge on any atom is 0.237 e. The lowest BCUT2D eigenvalue weighted by Gasteiger charge is -2.16. The van der Waals surface area contributed by atoms with E-state index < -0.39 is 0 Å². The molecule has 0 aliphatic carbocycles. The monoisotopic (exact) mass is 232 g/mol. The Kier molecular flexibility index (Phi) is 8.91. The van der Waals surface area contributed by atoms with Gasteiger partial charge in [-0.05, 0) is 31.8 Å². The molecule has 0 spiro atoms. The SMILES string of the molecule is CCCCC(N)C(=O)NC(C)CCSC. The lowest BCUT2D eigenvalue weighted by Crippen LogP contribution is -2.44. The van der Waals surface area contributed by atoms with Crippen LogP contribution in [0.25, 0.3) is 0 Å². The van der Waals surface area contributed by atoms with Crippen molar-refractivity contribution in [1.29, 1.82) is 0 Å². The van der Waals surface area contributed by atoms with E-state index in [0.717, 1.165) is 31.4 Å². The number of nitrogens with two attached hydrogens (primary N) is 1. The van der Waals surface area contributed by atoms with Crippen LogP contribution in [-0.4, -0.2) is 30.0 Å². The van der Waals surface area contributed by atoms with Crippen LogP contribution in [0, 0.1) is 0 Å². The minimum Gasteiger partial charge on any atom is -0.352 e. The fourth-order valence-corrected chi connectivity index (χ4v) is 1.86. The van der Waals surface area contributed by atoms with Crippen LogP contribution < -0.4 is 11.1 Å². The largest absolute Gasteiger partial charge is 0.352 e. The molecule has 0 rings (SSSR count). The van der Waals surface area contributed by atoms with Crippen molar-refractivity contribution in [3.05, 3.63) is 0 Å². The molecule has 3 N–H and O–H groups in total. The maximum absolute atomic E-state index is 11.6. The third-order valence-corrected chi connectivity index (χ3v) is 2.99. The number of hydrogen-bond acceptors (Lipinski definition) is 3. The summed E-state index contributed by atoms with van der Waals surface area (Å²) in [5, 5.41) is 2.95. The van der Waals surface area contributed by atoms with Crippen molar-refractivity contribution in [1.82, 2.24) is 5.32 Å². The quantitative estimate of drug-likeness (QED) is 0.670. The molecule has 90 valence electrons. The minimum atomic E-state index is -0.332. The molecule has 0 aliphatic rings. The molecule has 15 heavy (non-hydrogen) atoms. The highest BCUT2D eigenvalue weighted by Gasteiger charge is 2.14. The highest BCUT2D eigenvalue weighted by atomic mass is 32.2. The molecule has 4 heteroatoms. The Morgan fingerprint density at radius 2 is 2.13 bits per heavy atom. The average molecular weight is 232 g/mol. The van der Waals surface area contributed by atoms with E-state index in [9.17, 15) is 4.79 Å². The first kappa shape index (κ1) is 14.8. The van der Waals surface area contributed by atoms with Gasteiger partial charge in [0.1, 0.15) is 0 Å². The fraction of sp³-hybridized carbons (Fsp3) is 0.909. The van der Waals surface area contributed by atoms with Gasteiger partial charge in [0.25, 0.3) is 0 Å². The van der Waals surface area contributed by atoms with Crippen molar-refractivity contribution in [2.24, 2.45) is 5.73 Å². The van der Waals surface area contributed by atoms with Crippen LogP contribution in [0.3, 0.4) is 0 Å². The second-order valence-electron chi connectivity index (χ2n) is 3.94. The number of hydrogen-bond donors (Lipinski definition) is 2. The van der Waals surface area contributed by atoms with Crippen LogP contribution in [0.2, 0.25) is 0 Å². The van der Waals surface area contributed by atoms with E-state index in [1.54, 1.807) is 11.8 Å². The number of unbranched alkanes of at least 4 members (excludes halogenated alkanes) is 1. The molecule has 1 amide bonds. The van der Waals surface area contributed by atoms with Gasteiger partial charge in [-0.3, -0.25) is 4.79 Å². The van der Waals surface area contributed by atoms with Gasteiger partial charge in [-0.1, -0.05) is 19.8 Å². The zero-order chi connectivity index (χ0) is 11.7. The summed E-state index contributed by atoms with van der Waals surface area (Å²) in [6.45, 7) is 4.13. The summed E-state index contributed by atoms with van der Waals surface area (Å²) in [5.74, 6) is 1.07. The Labute approximate surface area is 97.6 Å². The molecule has 2 atom stereocenters. The summed E-state index contributed by atoms with van der Waals surface area (Å²) < 4.78 is 0. The predicted octanol–water partition coefficient (Wildman–Crippen LogP) is 1.76. The molecule has 0 aliphatic heterocycles. The molecule has 0 aromatic heterocycles. The van der Waals surface area contributed by atoms with Gasteiger partial charge in [0.2, 0.25) is 5.91 Å². The van der Waals surface area contributed by atoms with E-state index in [2.05, 4.69) is 18.5 Å². The first-order chi connectivity index (χ1) is 7.11. The Morgan fingerprint density at radius 3 is 2.67 bits per heavy atom. The number of nitrogens with one attached hydrogen (secondary N) is 1. The van der Waals surface area contributed by atoms with Crippen LogP contribution in [0.5, 0.6) is 0 Å². The molecule has 3 nitrogen and oxygen atoms in total. The Bertz CT molecular complexity index is 176. The lowest BCUT2D eigenvalue weighted by atomic mass is 10.1. The first-order valence-corrected chi connectivity index (χ1v) is 7.06. The standard InChI is InChI=1S/C11H24N2OS/c1-4-5-6-10(12)11(14)13-9(2)7-8-15-3/h9-10H,4-8,12H2,1-3H3,(H,13,14). The van der Waals surface area contributed by atoms with Gasteiger partial charge < -0.3 is 11.1 Å². The highest BCUT2D eigenvalue weighted by molar-refractivity contribution is 7.98. The topological polar surface area (TPSA) is 55.1 Å². The summed E-state index contributed by atoms with van der Waals surface area (Å²) in [4.78, 5) is 11.6. The Morgan fingerprint density at radius 1 is 1.47 bits per heavy atom. The highest BCUT2D eigenvalue weighted by Crippen LogP contribution is 2.02. The van der Waals surface area contributed by atoms with Gasteiger partial charge in [-0.2, -0.15) is 11.8 Å². The van der Waals surface area contributed by atoms with E-state index in [4.69, 9.17) is 5.73 Å². The normalized spacial score (nSPS) is 14.7. The second kappa shape index (κ2) is 9.04. The zero-order valence-electron chi connectivity index (χ0n) is 10.1. The molecular formula is C11H24N2OS. The third-order valence-electron chi connectivity index (χ3n) is 2.35. The summed E-state index contributed by atoms with van der Waals surface area (Å²) in [7, 11) is 0. The number of amides is 1. The van der Waals surface area contributed by atoms with Gasteiger partial charge in [-0.25, -0.2) is 0 Å². The van der Waals surface area contributed by atoms with Crippen LogP contribution >= 0.6 is 11.8 Å². The molecule has 0 aromatic carbocycles. The van der Waals surface area contributed by atoms with E-state index in [-0.39, 0.29) is 18.0 Å². The van der Waals surface area contributed by atoms with E-state index in [1.165, 1.54) is 0 Å². The predicted molar refractivity (Wildman–Crippen MR) is 68.1 cm³/mol. The molecular weight excluding hydrogens is 208 g/mol. The van der Waals surface area contributed by atoms with Gasteiger partial charge in [-0.15, -0.1) is 0 Å². The molecule has 0 radical (unpaired) electrons. The van der Waals surface area contributed by atoms with E-state index in [0.29, 0.717) is 0 Å². The molecule has 0 aromatic rings. The number of rotatable bonds is 8. The van der Waals surface area contributed by atoms with Crippen LogP contribution in [-0.2, 0) is 4.79 Å². The van der Waals surface area contributed by atoms with Crippen LogP contribution in [0.1, 0.15) is 39.5 Å². The van der Waals surface area contributed by atoms with Gasteiger partial charge >= 0.3 is 0 Å². The summed E-state index contributed by atoms with van der Waals surface area (Å²) in [6, 6.07) is -0.0979. The van der Waals surface area contributed by atoms with Crippen LogP contribution in [0.4, 0.5) is 0 Å². The van der Waals surface area contributed by atoms with Gasteiger partial charge in [0.15, 0.2) is 0 Å². The average Bonchev–Trinajstić information content (AvgIpc) is 2.22. The third kappa shape index (κ3) is 7.68. The fourth-order valence-electron chi connectivity index (χ4n) is 1.27. The maximum atomic E-state index is 11.6. The summed E-state index contributed by atoms with van der Waals surface area (Å²) in [5.41, 5.74) is 5.76. The zero-order valence-corrected chi connectivity index (χ0v) is 10.9. The molecule has 0 fully saturated rings. The molecule has 0 bridgehead atoms. The second-order valence-corrected chi connectivity index (χ2v) is 4.93. The Hall–Kier alpha value is -0.220. The van der Waals surface area contributed by atoms with Crippen molar-refractivity contribution >= 4 is 17.7 Å². The van der Waals surface area contributed by atoms with Crippen molar-refractivity contribution in [3.8, 4) is 0 Å². The number of carbonyl (C=O) groups excluding carboxylic acids is 1. The van der Waals surface area contributed by atoms with Crippen LogP contribution in [0.15, 0.2) is 0 Å². The molecule has 2 unspecified atom stereocenters. The van der Waals surface area contributed by atoms with Gasteiger partial charge in [0, 0.05) is 6.04 Å². The molecule has 0 saturated heterocycles. The molecule has 0 heterocycles. The number of thioether (sulfide) groups is 1. The van der Waals surface area contributed by atoms with Crippen molar-refractivity contribution in [2.75, 3.05) is 12.0 Å². The smallest absolute Gasteiger partial charge is 0.237 e.